The first-order chi connectivity index (χ1) is 18.4. The smallest absolute Gasteiger partial charge is 0.185 e. The molecule has 1 saturated heterocycles. The number of fused-ring (bicyclic) bond motifs is 2. The van der Waals surface area contributed by atoms with Crippen molar-refractivity contribution in [1.82, 2.24) is 19.6 Å². The first-order valence-electron chi connectivity index (χ1n) is 12.3. The van der Waals surface area contributed by atoms with Gasteiger partial charge in [-0.25, -0.2) is 14.5 Å². The van der Waals surface area contributed by atoms with Crippen LogP contribution in [0.5, 0.6) is 11.5 Å². The van der Waals surface area contributed by atoms with Gasteiger partial charge in [-0.2, -0.15) is 5.10 Å². The van der Waals surface area contributed by atoms with Gasteiger partial charge in [0.15, 0.2) is 16.5 Å². The highest BCUT2D eigenvalue weighted by atomic mass is 127. The number of aromatic nitrogens is 4. The fraction of sp³-hybridized carbons (Fsp3) is 0.370. The maximum Gasteiger partial charge on any atom is 0.185 e. The Bertz CT molecular complexity index is 1540. The molecule has 200 valence electrons. The van der Waals surface area contributed by atoms with E-state index in [1.165, 1.54) is 0 Å². The minimum atomic E-state index is 0.186. The van der Waals surface area contributed by atoms with Gasteiger partial charge in [0, 0.05) is 30.6 Å². The third-order valence-corrected chi connectivity index (χ3v) is 7.07. The Hall–Kier alpha value is -2.90. The molecule has 38 heavy (non-hydrogen) atoms. The SMILES string of the molecule is CI.COc1cc(OCc2csc(N3CC(C)OC(C)C3)n2)c2cc(-c3cn4nc(C)ccc4n3)oc2c1. The molecule has 9 nitrogen and oxygen atoms in total. The molecule has 5 aromatic rings. The molecular formula is C27H30IN5O4S. The molecular weight excluding hydrogens is 617 g/mol. The summed E-state index contributed by atoms with van der Waals surface area (Å²) in [6.07, 6.45) is 2.23. The topological polar surface area (TPSA) is 87.2 Å². The second kappa shape index (κ2) is 11.5. The molecule has 0 bridgehead atoms. The summed E-state index contributed by atoms with van der Waals surface area (Å²) in [6.45, 7) is 8.15. The number of alkyl halides is 1. The lowest BCUT2D eigenvalue weighted by Gasteiger charge is -2.35. The van der Waals surface area contributed by atoms with Crippen molar-refractivity contribution in [3.63, 3.8) is 0 Å². The van der Waals surface area contributed by atoms with E-state index in [0.29, 0.717) is 35.1 Å². The molecule has 1 aromatic carbocycles. The number of aryl methyl sites for hydroxylation is 1. The lowest BCUT2D eigenvalue weighted by molar-refractivity contribution is -0.00524. The Morgan fingerprint density at radius 3 is 2.66 bits per heavy atom. The number of anilines is 1. The first-order valence-corrected chi connectivity index (χ1v) is 15.3. The van der Waals surface area contributed by atoms with E-state index >= 15 is 0 Å². The van der Waals surface area contributed by atoms with Crippen LogP contribution < -0.4 is 14.4 Å². The van der Waals surface area contributed by atoms with Crippen LogP contribution in [0.1, 0.15) is 25.2 Å². The van der Waals surface area contributed by atoms with Crippen LogP contribution in [0.2, 0.25) is 0 Å². The van der Waals surface area contributed by atoms with Crippen LogP contribution in [-0.4, -0.2) is 56.9 Å². The van der Waals surface area contributed by atoms with Crippen molar-refractivity contribution >= 4 is 55.7 Å². The van der Waals surface area contributed by atoms with E-state index in [1.54, 1.807) is 23.0 Å². The summed E-state index contributed by atoms with van der Waals surface area (Å²) in [5, 5.41) is 8.36. The van der Waals surface area contributed by atoms with Gasteiger partial charge in [0.1, 0.15) is 29.4 Å². The zero-order valence-electron chi connectivity index (χ0n) is 22.0. The number of nitrogens with zero attached hydrogens (tertiary/aromatic N) is 5. The number of methoxy groups -OCH3 is 1. The minimum absolute atomic E-state index is 0.186. The molecule has 0 radical (unpaired) electrons. The van der Waals surface area contributed by atoms with Crippen molar-refractivity contribution in [3.05, 3.63) is 53.3 Å². The van der Waals surface area contributed by atoms with Gasteiger partial charge in [0.25, 0.3) is 0 Å². The van der Waals surface area contributed by atoms with Gasteiger partial charge >= 0.3 is 0 Å². The maximum atomic E-state index is 6.24. The van der Waals surface area contributed by atoms with Crippen LogP contribution in [0.4, 0.5) is 5.13 Å². The quantitative estimate of drug-likeness (QED) is 0.160. The number of morpholine rings is 1. The van der Waals surface area contributed by atoms with Crippen molar-refractivity contribution in [1.29, 1.82) is 0 Å². The normalized spacial score (nSPS) is 17.5. The average Bonchev–Trinajstić information content (AvgIpc) is 3.65. The standard InChI is InChI=1S/C26H27N5O4S.CH3I/c1-15-5-6-25-28-21(12-31(25)29-15)24-9-20-22(7-19(32-4)8-23(20)35-24)33-13-18-14-36-26(27-18)30-10-16(2)34-17(3)11-30;1-2/h5-9,12,14,16-17H,10-11,13H2,1-4H3;1H3. The highest BCUT2D eigenvalue weighted by Gasteiger charge is 2.24. The Morgan fingerprint density at radius 2 is 1.89 bits per heavy atom. The largest absolute Gasteiger partial charge is 0.496 e. The number of hydrogen-bond acceptors (Lipinski definition) is 9. The number of ether oxygens (including phenoxy) is 3. The van der Waals surface area contributed by atoms with Gasteiger partial charge in [-0.1, -0.05) is 22.6 Å². The monoisotopic (exact) mass is 647 g/mol. The van der Waals surface area contributed by atoms with Crippen LogP contribution >= 0.6 is 33.9 Å². The van der Waals surface area contributed by atoms with Gasteiger partial charge in [-0.3, -0.25) is 0 Å². The molecule has 0 amide bonds. The van der Waals surface area contributed by atoms with E-state index in [9.17, 15) is 0 Å². The zero-order chi connectivity index (χ0) is 26.8. The first kappa shape index (κ1) is 26.7. The molecule has 4 aromatic heterocycles. The fourth-order valence-corrected chi connectivity index (χ4v) is 5.37. The number of furan rings is 1. The molecule has 0 saturated carbocycles. The van der Waals surface area contributed by atoms with Crippen molar-refractivity contribution in [2.75, 3.05) is 30.0 Å². The minimum Gasteiger partial charge on any atom is -0.496 e. The average molecular weight is 648 g/mol. The van der Waals surface area contributed by atoms with E-state index < -0.39 is 0 Å². The lowest BCUT2D eigenvalue weighted by atomic mass is 10.2. The molecule has 0 spiro atoms. The summed E-state index contributed by atoms with van der Waals surface area (Å²) in [5.41, 5.74) is 3.92. The molecule has 5 heterocycles. The van der Waals surface area contributed by atoms with Gasteiger partial charge in [0.2, 0.25) is 0 Å². The second-order valence-electron chi connectivity index (χ2n) is 9.12. The lowest BCUT2D eigenvalue weighted by Crippen LogP contribution is -2.45. The van der Waals surface area contributed by atoms with Crippen molar-refractivity contribution < 1.29 is 18.6 Å². The van der Waals surface area contributed by atoms with Crippen LogP contribution in [0, 0.1) is 6.92 Å². The Kier molecular flexibility index (Phi) is 8.05. The van der Waals surface area contributed by atoms with Crippen LogP contribution in [0.3, 0.4) is 0 Å². The number of thiazole rings is 1. The van der Waals surface area contributed by atoms with E-state index in [-0.39, 0.29) is 12.2 Å². The van der Waals surface area contributed by atoms with Gasteiger partial charge in [-0.05, 0) is 43.9 Å². The molecule has 11 heteroatoms. The molecule has 2 atom stereocenters. The van der Waals surface area contributed by atoms with Gasteiger partial charge < -0.3 is 23.5 Å². The van der Waals surface area contributed by atoms with Crippen molar-refractivity contribution in [3.8, 4) is 23.0 Å². The van der Waals surface area contributed by atoms with E-state index in [2.05, 4.69) is 51.4 Å². The molecule has 2 unspecified atom stereocenters. The number of rotatable bonds is 6. The molecule has 6 rings (SSSR count). The fourth-order valence-electron chi connectivity index (χ4n) is 4.54. The number of benzene rings is 1. The van der Waals surface area contributed by atoms with Crippen LogP contribution in [0.25, 0.3) is 28.1 Å². The van der Waals surface area contributed by atoms with Crippen molar-refractivity contribution in [2.45, 2.75) is 39.6 Å². The highest BCUT2D eigenvalue weighted by molar-refractivity contribution is 14.1. The predicted octanol–water partition coefficient (Wildman–Crippen LogP) is 6.16. The molecule has 1 aliphatic heterocycles. The highest BCUT2D eigenvalue weighted by Crippen LogP contribution is 2.37. The Labute approximate surface area is 238 Å². The Morgan fingerprint density at radius 1 is 1.11 bits per heavy atom. The summed E-state index contributed by atoms with van der Waals surface area (Å²) < 4.78 is 25.5. The molecule has 0 aliphatic carbocycles. The number of imidazole rings is 1. The molecule has 1 fully saturated rings. The summed E-state index contributed by atoms with van der Waals surface area (Å²) in [4.78, 5) is 13.7. The summed E-state index contributed by atoms with van der Waals surface area (Å²) in [6, 6.07) is 9.54. The molecule has 1 aliphatic rings. The second-order valence-corrected chi connectivity index (χ2v) is 9.96. The van der Waals surface area contributed by atoms with Crippen molar-refractivity contribution in [2.24, 2.45) is 0 Å². The van der Waals surface area contributed by atoms with E-state index in [4.69, 9.17) is 23.6 Å². The third-order valence-electron chi connectivity index (χ3n) is 6.12. The van der Waals surface area contributed by atoms with Gasteiger partial charge in [-0.15, -0.1) is 11.3 Å². The third kappa shape index (κ3) is 5.59. The summed E-state index contributed by atoms with van der Waals surface area (Å²) >= 11 is 3.78. The summed E-state index contributed by atoms with van der Waals surface area (Å²) in [5.74, 6) is 1.96. The van der Waals surface area contributed by atoms with Gasteiger partial charge in [0.05, 0.1) is 42.3 Å². The summed E-state index contributed by atoms with van der Waals surface area (Å²) in [7, 11) is 1.63. The van der Waals surface area contributed by atoms with E-state index in [0.717, 1.165) is 40.6 Å². The predicted molar refractivity (Wildman–Crippen MR) is 158 cm³/mol. The molecule has 0 N–H and O–H groups in total. The Balaban J connectivity index is 0.00000144. The number of hydrogen-bond donors (Lipinski definition) is 0. The van der Waals surface area contributed by atoms with E-state index in [1.807, 2.05) is 53.8 Å². The van der Waals surface area contributed by atoms with Crippen LogP contribution in [-0.2, 0) is 11.3 Å². The maximum absolute atomic E-state index is 6.24. The van der Waals surface area contributed by atoms with Crippen LogP contribution in [0.15, 0.2) is 46.3 Å². The number of halogens is 1. The zero-order valence-corrected chi connectivity index (χ0v) is 24.9.